The number of hydrogen-bond donors (Lipinski definition) is 1. The van der Waals surface area contributed by atoms with E-state index in [0.29, 0.717) is 44.6 Å². The van der Waals surface area contributed by atoms with Gasteiger partial charge in [-0.1, -0.05) is 12.5 Å². The number of benzene rings is 1. The normalized spacial score (nSPS) is 19.0. The largest absolute Gasteiger partial charge is 0.453 e. The van der Waals surface area contributed by atoms with Crippen LogP contribution in [0.15, 0.2) is 23.1 Å². The summed E-state index contributed by atoms with van der Waals surface area (Å²) in [7, 11) is -2.24. The zero-order chi connectivity index (χ0) is 21.0. The summed E-state index contributed by atoms with van der Waals surface area (Å²) in [5, 5.41) is 2.99. The van der Waals surface area contributed by atoms with Crippen LogP contribution in [0.2, 0.25) is 0 Å². The Kier molecular flexibility index (Phi) is 6.79. The number of rotatable bonds is 4. The molecule has 0 aromatic heterocycles. The fraction of sp³-hybridized carbons (Fsp3) is 0.600. The number of hydrogen-bond acceptors (Lipinski definition) is 5. The van der Waals surface area contributed by atoms with Gasteiger partial charge < -0.3 is 15.0 Å². The average molecular weight is 424 g/mol. The van der Waals surface area contributed by atoms with E-state index in [2.05, 4.69) is 5.32 Å². The molecular formula is C20H29N3O5S. The van der Waals surface area contributed by atoms with Crippen LogP contribution in [-0.2, 0) is 14.8 Å². The molecule has 2 aliphatic heterocycles. The summed E-state index contributed by atoms with van der Waals surface area (Å²) in [5.41, 5.74) is 1.10. The number of likely N-dealkylation sites (tertiary alicyclic amines) is 1. The van der Waals surface area contributed by atoms with Crippen LogP contribution in [0.1, 0.15) is 48.0 Å². The highest BCUT2D eigenvalue weighted by molar-refractivity contribution is 7.89. The predicted octanol–water partition coefficient (Wildman–Crippen LogP) is 2.13. The van der Waals surface area contributed by atoms with E-state index in [1.807, 2.05) is 0 Å². The third-order valence-corrected chi connectivity index (χ3v) is 7.56. The second-order valence-corrected chi connectivity index (χ2v) is 9.58. The van der Waals surface area contributed by atoms with Crippen molar-refractivity contribution < 1.29 is 22.7 Å². The molecule has 160 valence electrons. The molecule has 2 aliphatic rings. The molecule has 2 amide bonds. The average Bonchev–Trinajstić information content (AvgIpc) is 2.74. The highest BCUT2D eigenvalue weighted by atomic mass is 32.2. The summed E-state index contributed by atoms with van der Waals surface area (Å²) in [4.78, 5) is 26.2. The lowest BCUT2D eigenvalue weighted by Crippen LogP contribution is -2.46. The maximum atomic E-state index is 12.9. The molecule has 1 aromatic rings. The monoisotopic (exact) mass is 423 g/mol. The summed E-state index contributed by atoms with van der Waals surface area (Å²) >= 11 is 0. The van der Waals surface area contributed by atoms with E-state index in [9.17, 15) is 18.0 Å². The van der Waals surface area contributed by atoms with Crippen LogP contribution in [0.3, 0.4) is 0 Å². The van der Waals surface area contributed by atoms with Crippen molar-refractivity contribution in [3.63, 3.8) is 0 Å². The van der Waals surface area contributed by atoms with Gasteiger partial charge in [0, 0.05) is 37.8 Å². The molecule has 1 N–H and O–H groups in total. The number of carbonyl (C=O) groups excluding carboxylic acids is 2. The number of aryl methyl sites for hydroxylation is 1. The van der Waals surface area contributed by atoms with Crippen molar-refractivity contribution in [2.24, 2.45) is 0 Å². The molecule has 9 heteroatoms. The molecule has 0 radical (unpaired) electrons. The summed E-state index contributed by atoms with van der Waals surface area (Å²) in [6, 6.07) is 4.68. The van der Waals surface area contributed by atoms with E-state index in [1.165, 1.54) is 17.5 Å². The first-order valence-electron chi connectivity index (χ1n) is 10.1. The second kappa shape index (κ2) is 9.13. The molecule has 0 atom stereocenters. The van der Waals surface area contributed by atoms with Crippen LogP contribution in [0, 0.1) is 6.92 Å². The highest BCUT2D eigenvalue weighted by Gasteiger charge is 2.28. The lowest BCUT2D eigenvalue weighted by Gasteiger charge is -2.31. The number of sulfonamides is 1. The maximum Gasteiger partial charge on any atom is 0.409 e. The minimum absolute atomic E-state index is 0.0647. The van der Waals surface area contributed by atoms with E-state index >= 15 is 0 Å². The predicted molar refractivity (Wildman–Crippen MR) is 108 cm³/mol. The lowest BCUT2D eigenvalue weighted by atomic mass is 10.0. The SMILES string of the molecule is COC(=O)N1CCC(NC(=O)c2cc(S(=O)(=O)N3CCCCC3)ccc2C)CC1. The molecule has 2 saturated heterocycles. The molecule has 29 heavy (non-hydrogen) atoms. The number of methoxy groups -OCH3 is 1. The molecule has 2 heterocycles. The molecule has 0 spiro atoms. The van der Waals surface area contributed by atoms with E-state index in [1.54, 1.807) is 24.0 Å². The van der Waals surface area contributed by atoms with Gasteiger partial charge >= 0.3 is 6.09 Å². The van der Waals surface area contributed by atoms with Crippen LogP contribution < -0.4 is 5.32 Å². The number of nitrogens with zero attached hydrogens (tertiary/aromatic N) is 2. The van der Waals surface area contributed by atoms with Crippen LogP contribution in [-0.4, -0.2) is 69.0 Å². The maximum absolute atomic E-state index is 12.9. The van der Waals surface area contributed by atoms with Gasteiger partial charge in [0.25, 0.3) is 5.91 Å². The first kappa shape index (κ1) is 21.6. The Bertz CT molecular complexity index is 857. The van der Waals surface area contributed by atoms with Gasteiger partial charge in [0.15, 0.2) is 0 Å². The van der Waals surface area contributed by atoms with Gasteiger partial charge in [-0.15, -0.1) is 0 Å². The van der Waals surface area contributed by atoms with Crippen LogP contribution in [0.25, 0.3) is 0 Å². The number of nitrogens with one attached hydrogen (secondary N) is 1. The molecule has 1 aromatic carbocycles. The van der Waals surface area contributed by atoms with Gasteiger partial charge in [-0.3, -0.25) is 4.79 Å². The van der Waals surface area contributed by atoms with E-state index < -0.39 is 10.0 Å². The van der Waals surface area contributed by atoms with Gasteiger partial charge in [0.05, 0.1) is 12.0 Å². The molecule has 0 unspecified atom stereocenters. The quantitative estimate of drug-likeness (QED) is 0.800. The van der Waals surface area contributed by atoms with Crippen molar-refractivity contribution in [3.05, 3.63) is 29.3 Å². The summed E-state index contributed by atoms with van der Waals surface area (Å²) in [6.07, 6.45) is 3.67. The lowest BCUT2D eigenvalue weighted by molar-refractivity contribution is 0.0891. The van der Waals surface area contributed by atoms with Crippen molar-refractivity contribution in [1.29, 1.82) is 0 Å². The van der Waals surface area contributed by atoms with Gasteiger partial charge in [-0.05, 0) is 50.3 Å². The number of ether oxygens (including phenoxy) is 1. The third kappa shape index (κ3) is 4.90. The van der Waals surface area contributed by atoms with E-state index in [4.69, 9.17) is 4.74 Å². The summed E-state index contributed by atoms with van der Waals surface area (Å²) in [5.74, 6) is -0.283. The Labute approximate surface area is 172 Å². The molecule has 2 fully saturated rings. The smallest absolute Gasteiger partial charge is 0.409 e. The number of carbonyl (C=O) groups is 2. The van der Waals surface area contributed by atoms with Gasteiger partial charge in [-0.25, -0.2) is 13.2 Å². The number of piperidine rings is 2. The Balaban J connectivity index is 1.70. The summed E-state index contributed by atoms with van der Waals surface area (Å²) in [6.45, 7) is 3.87. The Hall–Kier alpha value is -2.13. The molecular weight excluding hydrogens is 394 g/mol. The Morgan fingerprint density at radius 3 is 2.34 bits per heavy atom. The Morgan fingerprint density at radius 2 is 1.72 bits per heavy atom. The molecule has 0 aliphatic carbocycles. The standard InChI is InChI=1S/C20H29N3O5S/c1-15-6-7-17(29(26,27)23-10-4-3-5-11-23)14-18(15)19(24)21-16-8-12-22(13-9-16)20(25)28-2/h6-7,14,16H,3-5,8-13H2,1-2H3,(H,21,24). The van der Waals surface area contributed by atoms with Crippen molar-refractivity contribution >= 4 is 22.0 Å². The van der Waals surface area contributed by atoms with Gasteiger partial charge in [0.2, 0.25) is 10.0 Å². The topological polar surface area (TPSA) is 96.0 Å². The van der Waals surface area contributed by atoms with Gasteiger partial charge in [0.1, 0.15) is 0 Å². The van der Waals surface area contributed by atoms with Crippen molar-refractivity contribution in [2.45, 2.75) is 50.0 Å². The molecule has 0 saturated carbocycles. The van der Waals surface area contributed by atoms with Crippen molar-refractivity contribution in [1.82, 2.24) is 14.5 Å². The van der Waals surface area contributed by atoms with E-state index in [-0.39, 0.29) is 22.9 Å². The van der Waals surface area contributed by atoms with E-state index in [0.717, 1.165) is 24.8 Å². The van der Waals surface area contributed by atoms with Crippen molar-refractivity contribution in [3.8, 4) is 0 Å². The zero-order valence-corrected chi connectivity index (χ0v) is 17.8. The first-order valence-corrected chi connectivity index (χ1v) is 11.5. The first-order chi connectivity index (χ1) is 13.8. The zero-order valence-electron chi connectivity index (χ0n) is 17.0. The van der Waals surface area contributed by atoms with Crippen molar-refractivity contribution in [2.75, 3.05) is 33.3 Å². The molecule has 3 rings (SSSR count). The number of amides is 2. The van der Waals surface area contributed by atoms with Crippen LogP contribution in [0.4, 0.5) is 4.79 Å². The summed E-state index contributed by atoms with van der Waals surface area (Å²) < 4.78 is 32.1. The van der Waals surface area contributed by atoms with Crippen LogP contribution >= 0.6 is 0 Å². The minimum atomic E-state index is -3.59. The third-order valence-electron chi connectivity index (χ3n) is 5.67. The fourth-order valence-electron chi connectivity index (χ4n) is 3.86. The van der Waals surface area contributed by atoms with Crippen LogP contribution in [0.5, 0.6) is 0 Å². The second-order valence-electron chi connectivity index (χ2n) is 7.65. The fourth-order valence-corrected chi connectivity index (χ4v) is 5.40. The molecule has 0 bridgehead atoms. The minimum Gasteiger partial charge on any atom is -0.453 e. The highest BCUT2D eigenvalue weighted by Crippen LogP contribution is 2.23. The molecule has 8 nitrogen and oxygen atoms in total. The van der Waals surface area contributed by atoms with Gasteiger partial charge in [-0.2, -0.15) is 4.31 Å². The Morgan fingerprint density at radius 1 is 1.07 bits per heavy atom.